The van der Waals surface area contributed by atoms with Crippen LogP contribution >= 0.6 is 0 Å². The Hall–Kier alpha value is -3.71. The van der Waals surface area contributed by atoms with Gasteiger partial charge in [0.2, 0.25) is 5.95 Å². The summed E-state index contributed by atoms with van der Waals surface area (Å²) in [6.07, 6.45) is 4.01. The first-order valence-electron chi connectivity index (χ1n) is 11.8. The molecule has 2 aromatic heterocycles. The summed E-state index contributed by atoms with van der Waals surface area (Å²) in [6, 6.07) is 18.9. The molecule has 0 radical (unpaired) electrons. The molecule has 0 unspecified atom stereocenters. The van der Waals surface area contributed by atoms with Crippen molar-refractivity contribution >= 4 is 29.0 Å². The average Bonchev–Trinajstić information content (AvgIpc) is 3.25. The predicted octanol–water partition coefficient (Wildman–Crippen LogP) is 5.27. The summed E-state index contributed by atoms with van der Waals surface area (Å²) in [5.41, 5.74) is 9.56. The van der Waals surface area contributed by atoms with E-state index in [1.807, 2.05) is 24.4 Å². The fraction of sp³-hybridized carbons (Fsp3) is 0.296. The summed E-state index contributed by atoms with van der Waals surface area (Å²) in [7, 11) is 0. The lowest BCUT2D eigenvalue weighted by atomic mass is 10.1. The molecule has 1 fully saturated rings. The van der Waals surface area contributed by atoms with E-state index < -0.39 is 0 Å². The van der Waals surface area contributed by atoms with Crippen molar-refractivity contribution in [1.29, 1.82) is 0 Å². The van der Waals surface area contributed by atoms with Crippen LogP contribution in [0.15, 0.2) is 65.9 Å². The largest absolute Gasteiger partial charge is 0.378 e. The molecule has 1 aliphatic heterocycles. The SMILES string of the molecule is Cc1cccc(C=NNc2nc(N3CCOCC3)nc3c(-c4ccccc4)cn(C(C)C)c23)c1. The number of ether oxygens (including phenoxy) is 1. The van der Waals surface area contributed by atoms with Crippen LogP contribution in [0, 0.1) is 6.92 Å². The Balaban J connectivity index is 1.64. The maximum atomic E-state index is 5.55. The molecule has 7 heteroatoms. The van der Waals surface area contributed by atoms with Crippen LogP contribution in [0.1, 0.15) is 31.0 Å². The summed E-state index contributed by atoms with van der Waals surface area (Å²) < 4.78 is 7.78. The summed E-state index contributed by atoms with van der Waals surface area (Å²) in [5.74, 6) is 1.40. The number of hydrogen-bond donors (Lipinski definition) is 1. The number of benzene rings is 2. The number of aryl methyl sites for hydroxylation is 1. The van der Waals surface area contributed by atoms with E-state index in [-0.39, 0.29) is 6.04 Å². The molecule has 0 saturated carbocycles. The van der Waals surface area contributed by atoms with Gasteiger partial charge in [-0.25, -0.2) is 4.98 Å². The van der Waals surface area contributed by atoms with E-state index >= 15 is 0 Å². The first-order valence-corrected chi connectivity index (χ1v) is 11.8. The molecule has 5 rings (SSSR count). The average molecular weight is 455 g/mol. The Kier molecular flexibility index (Phi) is 6.27. The number of morpholine rings is 1. The molecule has 0 bridgehead atoms. The number of nitrogens with zero attached hydrogens (tertiary/aromatic N) is 5. The molecule has 174 valence electrons. The number of fused-ring (bicyclic) bond motifs is 1. The second kappa shape index (κ2) is 9.65. The number of anilines is 2. The molecule has 0 aliphatic carbocycles. The van der Waals surface area contributed by atoms with Gasteiger partial charge in [-0.2, -0.15) is 10.1 Å². The van der Waals surface area contributed by atoms with Gasteiger partial charge in [0.25, 0.3) is 0 Å². The molecule has 7 nitrogen and oxygen atoms in total. The summed E-state index contributed by atoms with van der Waals surface area (Å²) >= 11 is 0. The third-order valence-electron chi connectivity index (χ3n) is 6.01. The highest BCUT2D eigenvalue weighted by Crippen LogP contribution is 2.36. The van der Waals surface area contributed by atoms with Crippen LogP contribution < -0.4 is 10.3 Å². The van der Waals surface area contributed by atoms with E-state index in [9.17, 15) is 0 Å². The van der Waals surface area contributed by atoms with Crippen molar-refractivity contribution in [2.24, 2.45) is 5.10 Å². The normalized spacial score (nSPS) is 14.4. The molecule has 1 N–H and O–H groups in total. The molecule has 2 aromatic carbocycles. The lowest BCUT2D eigenvalue weighted by Gasteiger charge is -2.27. The van der Waals surface area contributed by atoms with Crippen molar-refractivity contribution < 1.29 is 4.74 Å². The smallest absolute Gasteiger partial charge is 0.228 e. The van der Waals surface area contributed by atoms with E-state index in [1.165, 1.54) is 5.56 Å². The van der Waals surface area contributed by atoms with Crippen LogP contribution in [-0.2, 0) is 4.74 Å². The van der Waals surface area contributed by atoms with Gasteiger partial charge in [0, 0.05) is 30.9 Å². The maximum Gasteiger partial charge on any atom is 0.228 e. The van der Waals surface area contributed by atoms with E-state index in [4.69, 9.17) is 14.7 Å². The van der Waals surface area contributed by atoms with Gasteiger partial charge in [-0.1, -0.05) is 60.2 Å². The van der Waals surface area contributed by atoms with Crippen molar-refractivity contribution in [1.82, 2.24) is 14.5 Å². The highest BCUT2D eigenvalue weighted by atomic mass is 16.5. The van der Waals surface area contributed by atoms with Crippen molar-refractivity contribution in [2.75, 3.05) is 36.6 Å². The van der Waals surface area contributed by atoms with E-state index in [0.717, 1.165) is 40.8 Å². The van der Waals surface area contributed by atoms with E-state index in [2.05, 4.69) is 83.4 Å². The third kappa shape index (κ3) is 4.52. The molecule has 34 heavy (non-hydrogen) atoms. The Bertz CT molecular complexity index is 1310. The van der Waals surface area contributed by atoms with Gasteiger partial charge in [0.1, 0.15) is 11.0 Å². The topological polar surface area (TPSA) is 67.6 Å². The van der Waals surface area contributed by atoms with Crippen LogP contribution in [0.3, 0.4) is 0 Å². The van der Waals surface area contributed by atoms with E-state index in [0.29, 0.717) is 25.0 Å². The fourth-order valence-electron chi connectivity index (χ4n) is 4.28. The van der Waals surface area contributed by atoms with Gasteiger partial charge in [-0.05, 0) is 31.9 Å². The van der Waals surface area contributed by atoms with Gasteiger partial charge in [0.05, 0.1) is 19.4 Å². The first kappa shape index (κ1) is 22.1. The lowest BCUT2D eigenvalue weighted by Crippen LogP contribution is -2.37. The maximum absolute atomic E-state index is 5.55. The molecule has 4 aromatic rings. The second-order valence-corrected chi connectivity index (χ2v) is 8.86. The fourth-order valence-corrected chi connectivity index (χ4v) is 4.28. The first-order chi connectivity index (χ1) is 16.6. The van der Waals surface area contributed by atoms with Gasteiger partial charge in [-0.15, -0.1) is 0 Å². The van der Waals surface area contributed by atoms with Crippen LogP contribution in [0.5, 0.6) is 0 Å². The molecule has 0 amide bonds. The van der Waals surface area contributed by atoms with Gasteiger partial charge >= 0.3 is 0 Å². The predicted molar refractivity (Wildman–Crippen MR) is 139 cm³/mol. The lowest BCUT2D eigenvalue weighted by molar-refractivity contribution is 0.122. The summed E-state index contributed by atoms with van der Waals surface area (Å²) in [5, 5.41) is 4.55. The van der Waals surface area contributed by atoms with Crippen LogP contribution in [-0.4, -0.2) is 47.1 Å². The summed E-state index contributed by atoms with van der Waals surface area (Å²) in [4.78, 5) is 12.2. The zero-order chi connectivity index (χ0) is 23.5. The number of hydrazone groups is 1. The molecule has 3 heterocycles. The van der Waals surface area contributed by atoms with Gasteiger partial charge in [0.15, 0.2) is 5.82 Å². The standard InChI is InChI=1S/C27H30N6O/c1-19(2)33-18-23(22-10-5-4-6-11-22)24-25(33)26(30-27(29-24)32-12-14-34-15-13-32)31-28-17-21-9-7-8-20(3)16-21/h4-11,16-19H,12-15H2,1-3H3,(H,29,30,31). The summed E-state index contributed by atoms with van der Waals surface area (Å²) in [6.45, 7) is 9.30. The quantitative estimate of drug-likeness (QED) is 0.318. The molecule has 1 saturated heterocycles. The van der Waals surface area contributed by atoms with Crippen LogP contribution in [0.2, 0.25) is 0 Å². The van der Waals surface area contributed by atoms with E-state index in [1.54, 1.807) is 0 Å². The number of aromatic nitrogens is 3. The van der Waals surface area contributed by atoms with Gasteiger partial charge in [-0.3, -0.25) is 5.43 Å². The monoisotopic (exact) mass is 454 g/mol. The van der Waals surface area contributed by atoms with Crippen molar-refractivity contribution in [2.45, 2.75) is 26.8 Å². The Morgan fingerprint density at radius 3 is 2.56 bits per heavy atom. The zero-order valence-corrected chi connectivity index (χ0v) is 19.9. The molecular formula is C27H30N6O. The minimum Gasteiger partial charge on any atom is -0.378 e. The van der Waals surface area contributed by atoms with Gasteiger partial charge < -0.3 is 14.2 Å². The van der Waals surface area contributed by atoms with Crippen LogP contribution in [0.25, 0.3) is 22.2 Å². The molecule has 0 atom stereocenters. The Labute approximate surface area is 200 Å². The molecule has 0 spiro atoms. The minimum atomic E-state index is 0.235. The second-order valence-electron chi connectivity index (χ2n) is 8.86. The molecule has 1 aliphatic rings. The minimum absolute atomic E-state index is 0.235. The van der Waals surface area contributed by atoms with Crippen molar-refractivity contribution in [3.63, 3.8) is 0 Å². The number of nitrogens with one attached hydrogen (secondary N) is 1. The van der Waals surface area contributed by atoms with Crippen molar-refractivity contribution in [3.05, 3.63) is 71.9 Å². The van der Waals surface area contributed by atoms with Crippen molar-refractivity contribution in [3.8, 4) is 11.1 Å². The molecular weight excluding hydrogens is 424 g/mol. The Morgan fingerprint density at radius 1 is 1.03 bits per heavy atom. The highest BCUT2D eigenvalue weighted by molar-refractivity contribution is 5.99. The zero-order valence-electron chi connectivity index (χ0n) is 19.9. The van der Waals surface area contributed by atoms with Crippen LogP contribution in [0.4, 0.5) is 11.8 Å². The Morgan fingerprint density at radius 2 is 1.82 bits per heavy atom. The third-order valence-corrected chi connectivity index (χ3v) is 6.01. The highest BCUT2D eigenvalue weighted by Gasteiger charge is 2.22. The number of hydrogen-bond acceptors (Lipinski definition) is 6. The number of rotatable bonds is 6.